The van der Waals surface area contributed by atoms with E-state index < -0.39 is 0 Å². The summed E-state index contributed by atoms with van der Waals surface area (Å²) in [5.74, 6) is 0. The van der Waals surface area contributed by atoms with E-state index in [-0.39, 0.29) is 0 Å². The van der Waals surface area contributed by atoms with Crippen LogP contribution in [0.25, 0.3) is 11.1 Å². The van der Waals surface area contributed by atoms with Crippen molar-refractivity contribution in [1.29, 1.82) is 0 Å². The van der Waals surface area contributed by atoms with E-state index in [4.69, 9.17) is 4.52 Å². The summed E-state index contributed by atoms with van der Waals surface area (Å²) in [4.78, 5) is 0. The molecule has 0 N–H and O–H groups in total. The van der Waals surface area contributed by atoms with Crippen LogP contribution in [0.1, 0.15) is 5.56 Å². The molecule has 0 radical (unpaired) electrons. The minimum Gasteiger partial charge on any atom is -0.361 e. The van der Waals surface area contributed by atoms with Gasteiger partial charge in [-0.3, -0.25) is 0 Å². The molecule has 1 unspecified atom stereocenters. The Bertz CT molecular complexity index is 426. The van der Waals surface area contributed by atoms with Crippen molar-refractivity contribution in [2.75, 3.05) is 0 Å². The summed E-state index contributed by atoms with van der Waals surface area (Å²) in [6.07, 6.45) is 0. The van der Waals surface area contributed by atoms with Gasteiger partial charge in [-0.25, -0.2) is 0 Å². The average Bonchev–Trinajstić information content (AvgIpc) is 2.31. The minimum absolute atomic E-state index is 0.630. The summed E-state index contributed by atoms with van der Waals surface area (Å²) < 4.78 is 5.04. The van der Waals surface area contributed by atoms with Crippen molar-refractivity contribution in [3.63, 3.8) is 0 Å². The number of benzene rings is 2. The SMILES string of the molecule is POCc1cccc(-c2ccccc2)c1. The predicted octanol–water partition coefficient (Wildman–Crippen LogP) is 3.66. The first kappa shape index (κ1) is 10.4. The molecule has 0 aliphatic rings. The van der Waals surface area contributed by atoms with Crippen LogP contribution >= 0.6 is 9.47 Å². The van der Waals surface area contributed by atoms with E-state index in [1.165, 1.54) is 16.7 Å². The summed E-state index contributed by atoms with van der Waals surface area (Å²) in [7, 11) is 2.27. The first-order valence-corrected chi connectivity index (χ1v) is 5.33. The molecule has 0 amide bonds. The molecule has 0 aromatic heterocycles. The van der Waals surface area contributed by atoms with Crippen molar-refractivity contribution in [3.8, 4) is 11.1 Å². The fraction of sp³-hybridized carbons (Fsp3) is 0.0769. The zero-order valence-corrected chi connectivity index (χ0v) is 9.54. The van der Waals surface area contributed by atoms with Gasteiger partial charge in [-0.15, -0.1) is 0 Å². The number of rotatable bonds is 3. The first-order chi connectivity index (χ1) is 7.40. The van der Waals surface area contributed by atoms with Crippen molar-refractivity contribution in [2.24, 2.45) is 0 Å². The van der Waals surface area contributed by atoms with Gasteiger partial charge in [0.1, 0.15) is 0 Å². The standard InChI is InChI=1S/C13H13OP/c15-14-10-11-5-4-8-13(9-11)12-6-2-1-3-7-12/h1-9H,10,15H2. The van der Waals surface area contributed by atoms with Gasteiger partial charge >= 0.3 is 0 Å². The van der Waals surface area contributed by atoms with Gasteiger partial charge in [0.2, 0.25) is 0 Å². The smallest absolute Gasteiger partial charge is 0.0752 e. The molecule has 0 fully saturated rings. The summed E-state index contributed by atoms with van der Waals surface area (Å²) >= 11 is 0. The lowest BCUT2D eigenvalue weighted by atomic mass is 10.0. The third-order valence-corrected chi connectivity index (χ3v) is 2.45. The van der Waals surface area contributed by atoms with E-state index in [9.17, 15) is 0 Å². The van der Waals surface area contributed by atoms with Crippen LogP contribution in [-0.4, -0.2) is 0 Å². The Hall–Kier alpha value is -1.17. The second-order valence-electron chi connectivity index (χ2n) is 3.38. The molecule has 15 heavy (non-hydrogen) atoms. The summed E-state index contributed by atoms with van der Waals surface area (Å²) in [6.45, 7) is 0.630. The van der Waals surface area contributed by atoms with Crippen LogP contribution in [0.5, 0.6) is 0 Å². The first-order valence-electron chi connectivity index (χ1n) is 4.86. The largest absolute Gasteiger partial charge is 0.361 e. The highest BCUT2D eigenvalue weighted by Crippen LogP contribution is 2.20. The van der Waals surface area contributed by atoms with E-state index in [0.29, 0.717) is 6.61 Å². The minimum atomic E-state index is 0.630. The fourth-order valence-corrected chi connectivity index (χ4v) is 1.76. The lowest BCUT2D eigenvalue weighted by molar-refractivity contribution is 0.362. The van der Waals surface area contributed by atoms with Gasteiger partial charge in [0.15, 0.2) is 0 Å². The predicted molar refractivity (Wildman–Crippen MR) is 66.4 cm³/mol. The van der Waals surface area contributed by atoms with Crippen LogP contribution in [0.3, 0.4) is 0 Å². The molecule has 2 rings (SSSR count). The van der Waals surface area contributed by atoms with Crippen molar-refractivity contribution >= 4 is 9.47 Å². The molecule has 0 saturated carbocycles. The highest BCUT2D eigenvalue weighted by Gasteiger charge is 1.97. The molecule has 0 bridgehead atoms. The Morgan fingerprint density at radius 3 is 2.33 bits per heavy atom. The Labute approximate surface area is 92.4 Å². The third-order valence-electron chi connectivity index (χ3n) is 2.28. The topological polar surface area (TPSA) is 9.23 Å². The maximum atomic E-state index is 5.04. The van der Waals surface area contributed by atoms with Gasteiger partial charge in [-0.1, -0.05) is 48.5 Å². The van der Waals surface area contributed by atoms with Crippen LogP contribution in [0.4, 0.5) is 0 Å². The number of hydrogen-bond donors (Lipinski definition) is 0. The molecule has 76 valence electrons. The number of hydrogen-bond acceptors (Lipinski definition) is 1. The van der Waals surface area contributed by atoms with Crippen LogP contribution in [-0.2, 0) is 11.1 Å². The maximum absolute atomic E-state index is 5.04. The van der Waals surface area contributed by atoms with Crippen LogP contribution in [0.2, 0.25) is 0 Å². The van der Waals surface area contributed by atoms with Crippen molar-refractivity contribution in [1.82, 2.24) is 0 Å². The lowest BCUT2D eigenvalue weighted by Gasteiger charge is -2.04. The normalized spacial score (nSPS) is 10.2. The molecule has 1 atom stereocenters. The monoisotopic (exact) mass is 216 g/mol. The second-order valence-corrected chi connectivity index (χ2v) is 3.71. The Morgan fingerprint density at radius 1 is 0.867 bits per heavy atom. The molecule has 2 aromatic rings. The molecule has 0 spiro atoms. The van der Waals surface area contributed by atoms with E-state index >= 15 is 0 Å². The zero-order chi connectivity index (χ0) is 10.5. The van der Waals surface area contributed by atoms with Crippen molar-refractivity contribution < 1.29 is 4.52 Å². The Kier molecular flexibility index (Phi) is 3.49. The van der Waals surface area contributed by atoms with E-state index in [1.807, 2.05) is 18.2 Å². The van der Waals surface area contributed by atoms with E-state index in [0.717, 1.165) is 0 Å². The van der Waals surface area contributed by atoms with Gasteiger partial charge in [0.25, 0.3) is 0 Å². The van der Waals surface area contributed by atoms with Gasteiger partial charge in [-0.2, -0.15) is 0 Å². The third kappa shape index (κ3) is 2.65. The Morgan fingerprint density at radius 2 is 1.60 bits per heavy atom. The molecule has 0 aliphatic heterocycles. The molecular weight excluding hydrogens is 203 g/mol. The maximum Gasteiger partial charge on any atom is 0.0752 e. The quantitative estimate of drug-likeness (QED) is 0.711. The highest BCUT2D eigenvalue weighted by molar-refractivity contribution is 7.09. The summed E-state index contributed by atoms with van der Waals surface area (Å²) in [6, 6.07) is 18.7. The van der Waals surface area contributed by atoms with E-state index in [1.54, 1.807) is 0 Å². The molecule has 2 heteroatoms. The van der Waals surface area contributed by atoms with Gasteiger partial charge < -0.3 is 4.52 Å². The van der Waals surface area contributed by atoms with Crippen molar-refractivity contribution in [3.05, 3.63) is 60.2 Å². The Balaban J connectivity index is 2.33. The van der Waals surface area contributed by atoms with E-state index in [2.05, 4.69) is 45.9 Å². The van der Waals surface area contributed by atoms with Crippen LogP contribution in [0, 0.1) is 0 Å². The zero-order valence-electron chi connectivity index (χ0n) is 8.39. The van der Waals surface area contributed by atoms with Gasteiger partial charge in [0, 0.05) is 9.47 Å². The van der Waals surface area contributed by atoms with Crippen LogP contribution < -0.4 is 0 Å². The lowest BCUT2D eigenvalue weighted by Crippen LogP contribution is -1.84. The fourth-order valence-electron chi connectivity index (χ4n) is 1.57. The highest BCUT2D eigenvalue weighted by atomic mass is 31.0. The second kappa shape index (κ2) is 5.06. The molecule has 0 heterocycles. The molecule has 1 nitrogen and oxygen atoms in total. The van der Waals surface area contributed by atoms with Crippen LogP contribution in [0.15, 0.2) is 54.6 Å². The van der Waals surface area contributed by atoms with Gasteiger partial charge in [0.05, 0.1) is 6.61 Å². The molecule has 0 saturated heterocycles. The molecule has 2 aromatic carbocycles. The molecular formula is C13H13OP. The molecule has 0 aliphatic carbocycles. The van der Waals surface area contributed by atoms with Crippen molar-refractivity contribution in [2.45, 2.75) is 6.61 Å². The summed E-state index contributed by atoms with van der Waals surface area (Å²) in [5, 5.41) is 0. The average molecular weight is 216 g/mol. The summed E-state index contributed by atoms with van der Waals surface area (Å²) in [5.41, 5.74) is 3.66. The van der Waals surface area contributed by atoms with Gasteiger partial charge in [-0.05, 0) is 22.8 Å².